The van der Waals surface area contributed by atoms with Crippen LogP contribution < -0.4 is 4.90 Å². The van der Waals surface area contributed by atoms with Crippen LogP contribution >= 0.6 is 0 Å². The third kappa shape index (κ3) is 2.94. The van der Waals surface area contributed by atoms with E-state index in [4.69, 9.17) is 4.98 Å². The number of nitriles is 1. The minimum Gasteiger partial charge on any atom is -0.357 e. The molecule has 2 aromatic carbocycles. The van der Waals surface area contributed by atoms with Gasteiger partial charge in [0.25, 0.3) is 0 Å². The number of para-hydroxylation sites is 2. The zero-order valence-corrected chi connectivity index (χ0v) is 16.7. The zero-order valence-electron chi connectivity index (χ0n) is 16.7. The maximum atomic E-state index is 10.0. The van der Waals surface area contributed by atoms with Crippen molar-refractivity contribution in [2.75, 3.05) is 18.0 Å². The molecule has 0 spiro atoms. The number of piperidine rings is 1. The molecular weight excluding hydrogens is 356 g/mol. The second kappa shape index (κ2) is 7.25. The third-order valence-corrected chi connectivity index (χ3v) is 6.08. The Bertz CT molecular complexity index is 1220. The van der Waals surface area contributed by atoms with E-state index in [1.165, 1.54) is 36.2 Å². The van der Waals surface area contributed by atoms with E-state index in [1.807, 2.05) is 12.1 Å². The van der Waals surface area contributed by atoms with Gasteiger partial charge < -0.3 is 4.90 Å². The monoisotopic (exact) mass is 380 g/mol. The highest BCUT2D eigenvalue weighted by atomic mass is 15.2. The predicted molar refractivity (Wildman–Crippen MR) is 117 cm³/mol. The Kier molecular flexibility index (Phi) is 4.44. The van der Waals surface area contributed by atoms with Gasteiger partial charge >= 0.3 is 0 Å². The number of hydrogen-bond donors (Lipinski definition) is 0. The van der Waals surface area contributed by atoms with Crippen molar-refractivity contribution in [3.8, 4) is 6.07 Å². The van der Waals surface area contributed by atoms with Gasteiger partial charge in [0.05, 0.1) is 16.6 Å². The molecule has 144 valence electrons. The van der Waals surface area contributed by atoms with E-state index in [0.717, 1.165) is 41.8 Å². The van der Waals surface area contributed by atoms with Crippen LogP contribution in [0.15, 0.2) is 54.6 Å². The molecule has 0 atom stereocenters. The Balaban J connectivity index is 1.86. The van der Waals surface area contributed by atoms with Gasteiger partial charge in [0.1, 0.15) is 11.9 Å². The summed E-state index contributed by atoms with van der Waals surface area (Å²) in [5.41, 5.74) is 7.05. The molecule has 2 aromatic heterocycles. The van der Waals surface area contributed by atoms with Crippen molar-refractivity contribution in [3.63, 3.8) is 0 Å². The second-order valence-electron chi connectivity index (χ2n) is 7.88. The fourth-order valence-corrected chi connectivity index (χ4v) is 4.61. The van der Waals surface area contributed by atoms with Gasteiger partial charge in [-0.3, -0.25) is 4.40 Å². The molecule has 4 heteroatoms. The van der Waals surface area contributed by atoms with Gasteiger partial charge in [0.15, 0.2) is 5.65 Å². The van der Waals surface area contributed by atoms with E-state index in [9.17, 15) is 5.26 Å². The first-order valence-corrected chi connectivity index (χ1v) is 10.4. The molecule has 0 bridgehead atoms. The molecule has 3 heterocycles. The highest BCUT2D eigenvalue weighted by Crippen LogP contribution is 2.35. The van der Waals surface area contributed by atoms with Gasteiger partial charge in [0.2, 0.25) is 0 Å². The average Bonchev–Trinajstić information content (AvgIpc) is 3.15. The van der Waals surface area contributed by atoms with Gasteiger partial charge in [-0.25, -0.2) is 4.98 Å². The number of hydrogen-bond acceptors (Lipinski definition) is 3. The average molecular weight is 380 g/mol. The number of nitrogens with zero attached hydrogens (tertiary/aromatic N) is 4. The van der Waals surface area contributed by atoms with Gasteiger partial charge in [0, 0.05) is 25.1 Å². The smallest absolute Gasteiger partial charge is 0.157 e. The van der Waals surface area contributed by atoms with Crippen molar-refractivity contribution in [2.45, 2.75) is 32.6 Å². The number of pyridine rings is 1. The molecule has 0 unspecified atom stereocenters. The lowest BCUT2D eigenvalue weighted by atomic mass is 9.96. The molecular formula is C25H24N4. The van der Waals surface area contributed by atoms with Crippen molar-refractivity contribution in [3.05, 3.63) is 76.9 Å². The fraction of sp³-hybridized carbons (Fsp3) is 0.280. The molecule has 0 N–H and O–H groups in total. The van der Waals surface area contributed by atoms with E-state index in [1.54, 1.807) is 0 Å². The molecule has 1 saturated heterocycles. The summed E-state index contributed by atoms with van der Waals surface area (Å²) in [6.45, 7) is 4.19. The lowest BCUT2D eigenvalue weighted by Gasteiger charge is -2.32. The Hall–Kier alpha value is -3.32. The summed E-state index contributed by atoms with van der Waals surface area (Å²) in [6, 6.07) is 21.2. The summed E-state index contributed by atoms with van der Waals surface area (Å²) < 4.78 is 2.24. The van der Waals surface area contributed by atoms with Crippen LogP contribution in [0.2, 0.25) is 0 Å². The van der Waals surface area contributed by atoms with Crippen LogP contribution in [0.4, 0.5) is 5.82 Å². The van der Waals surface area contributed by atoms with Crippen LogP contribution in [0.1, 0.15) is 41.5 Å². The summed E-state index contributed by atoms with van der Waals surface area (Å²) in [5, 5.41) is 10.0. The van der Waals surface area contributed by atoms with E-state index in [-0.39, 0.29) is 0 Å². The van der Waals surface area contributed by atoms with Gasteiger partial charge in [-0.15, -0.1) is 0 Å². The highest BCUT2D eigenvalue weighted by Gasteiger charge is 2.25. The number of aromatic nitrogens is 2. The highest BCUT2D eigenvalue weighted by molar-refractivity contribution is 5.86. The molecule has 0 saturated carbocycles. The van der Waals surface area contributed by atoms with Crippen LogP contribution in [0.5, 0.6) is 0 Å². The lowest BCUT2D eigenvalue weighted by molar-refractivity contribution is 0.570. The van der Waals surface area contributed by atoms with Gasteiger partial charge in [-0.2, -0.15) is 5.26 Å². The minimum absolute atomic E-state index is 0.688. The molecule has 0 aliphatic carbocycles. The topological polar surface area (TPSA) is 44.3 Å². The largest absolute Gasteiger partial charge is 0.357 e. The normalized spacial score (nSPS) is 14.4. The van der Waals surface area contributed by atoms with Crippen LogP contribution in [0.25, 0.3) is 16.7 Å². The van der Waals surface area contributed by atoms with E-state index in [2.05, 4.69) is 64.8 Å². The Morgan fingerprint density at radius 2 is 1.69 bits per heavy atom. The number of anilines is 1. The van der Waals surface area contributed by atoms with Crippen molar-refractivity contribution in [2.24, 2.45) is 0 Å². The van der Waals surface area contributed by atoms with E-state index >= 15 is 0 Å². The molecule has 1 fully saturated rings. The standard InChI is InChI=1S/C25H24N4/c1-18-20(16-19-10-4-2-5-11-19)25(28-14-8-3-9-15-28)29-23-13-7-6-12-22(23)27-24(29)21(18)17-26/h2,4-7,10-13H,3,8-9,14-16H2,1H3. The molecule has 0 radical (unpaired) electrons. The maximum Gasteiger partial charge on any atom is 0.157 e. The molecule has 5 rings (SSSR count). The minimum atomic E-state index is 0.688. The van der Waals surface area contributed by atoms with Crippen LogP contribution in [0, 0.1) is 18.3 Å². The van der Waals surface area contributed by atoms with Crippen molar-refractivity contribution in [1.82, 2.24) is 9.38 Å². The van der Waals surface area contributed by atoms with E-state index in [0.29, 0.717) is 5.56 Å². The van der Waals surface area contributed by atoms with Crippen molar-refractivity contribution in [1.29, 1.82) is 5.26 Å². The summed E-state index contributed by atoms with van der Waals surface area (Å²) in [4.78, 5) is 7.38. The number of fused-ring (bicyclic) bond motifs is 3. The van der Waals surface area contributed by atoms with Gasteiger partial charge in [-0.1, -0.05) is 42.5 Å². The SMILES string of the molecule is Cc1c(Cc2ccccc2)c(N2CCCCC2)n2c(nc3ccccc32)c1C#N. The van der Waals surface area contributed by atoms with Gasteiger partial charge in [-0.05, 0) is 49.4 Å². The first kappa shape index (κ1) is 17.8. The Morgan fingerprint density at radius 3 is 2.45 bits per heavy atom. The fourth-order valence-electron chi connectivity index (χ4n) is 4.61. The third-order valence-electron chi connectivity index (χ3n) is 6.08. The quantitative estimate of drug-likeness (QED) is 0.488. The predicted octanol–water partition coefficient (Wildman–Crippen LogP) is 5.25. The van der Waals surface area contributed by atoms with E-state index < -0.39 is 0 Å². The van der Waals surface area contributed by atoms with Crippen molar-refractivity contribution < 1.29 is 0 Å². The molecule has 0 amide bonds. The Morgan fingerprint density at radius 1 is 0.966 bits per heavy atom. The van der Waals surface area contributed by atoms with Crippen molar-refractivity contribution >= 4 is 22.5 Å². The molecule has 4 aromatic rings. The van der Waals surface area contributed by atoms with Crippen LogP contribution in [0.3, 0.4) is 0 Å². The zero-order chi connectivity index (χ0) is 19.8. The number of rotatable bonds is 3. The van der Waals surface area contributed by atoms with Crippen LogP contribution in [-0.4, -0.2) is 22.5 Å². The number of benzene rings is 2. The summed E-state index contributed by atoms with van der Waals surface area (Å²) in [7, 11) is 0. The first-order valence-electron chi connectivity index (χ1n) is 10.4. The summed E-state index contributed by atoms with van der Waals surface area (Å²) in [5.74, 6) is 1.22. The summed E-state index contributed by atoms with van der Waals surface area (Å²) in [6.07, 6.45) is 4.51. The maximum absolute atomic E-state index is 10.0. The molecule has 1 aliphatic heterocycles. The second-order valence-corrected chi connectivity index (χ2v) is 7.88. The van der Waals surface area contributed by atoms with Crippen LogP contribution in [-0.2, 0) is 6.42 Å². The summed E-state index contributed by atoms with van der Waals surface area (Å²) >= 11 is 0. The lowest BCUT2D eigenvalue weighted by Crippen LogP contribution is -2.32. The molecule has 29 heavy (non-hydrogen) atoms. The molecule has 4 nitrogen and oxygen atoms in total. The first-order chi connectivity index (χ1) is 14.3. The molecule has 1 aliphatic rings. The number of imidazole rings is 1. The Labute approximate surface area is 171 Å².